The number of hydrogen-bond acceptors (Lipinski definition) is 5. The molecule has 0 aliphatic heterocycles. The molecule has 2 N–H and O–H groups in total. The third kappa shape index (κ3) is 2.59. The highest BCUT2D eigenvalue weighted by Gasteiger charge is 2.25. The summed E-state index contributed by atoms with van der Waals surface area (Å²) in [6.07, 6.45) is 3.05. The monoisotopic (exact) mass is 273 g/mol. The van der Waals surface area contributed by atoms with Crippen molar-refractivity contribution in [3.8, 4) is 0 Å². The molecule has 1 heterocycles. The first-order valence-corrected chi connectivity index (χ1v) is 6.92. The van der Waals surface area contributed by atoms with Gasteiger partial charge in [-0.05, 0) is 30.4 Å². The fourth-order valence-corrected chi connectivity index (χ4v) is 2.73. The zero-order valence-electron chi connectivity index (χ0n) is 11.6. The Morgan fingerprint density at radius 2 is 2.20 bits per heavy atom. The van der Waals surface area contributed by atoms with Crippen molar-refractivity contribution in [2.24, 2.45) is 5.73 Å². The molecule has 0 saturated heterocycles. The van der Waals surface area contributed by atoms with Gasteiger partial charge in [-0.3, -0.25) is 0 Å². The lowest BCUT2D eigenvalue weighted by molar-refractivity contribution is 0.177. The van der Waals surface area contributed by atoms with Crippen LogP contribution in [-0.2, 0) is 17.6 Å². The Morgan fingerprint density at radius 1 is 1.40 bits per heavy atom. The molecule has 2 atom stereocenters. The zero-order chi connectivity index (χ0) is 13.9. The summed E-state index contributed by atoms with van der Waals surface area (Å²) in [4.78, 5) is 4.44. The van der Waals surface area contributed by atoms with E-state index in [0.29, 0.717) is 24.2 Å². The highest BCUT2D eigenvalue weighted by molar-refractivity contribution is 5.31. The summed E-state index contributed by atoms with van der Waals surface area (Å²) < 4.78 is 10.4. The third-order valence-electron chi connectivity index (χ3n) is 3.83. The van der Waals surface area contributed by atoms with Crippen molar-refractivity contribution in [1.29, 1.82) is 0 Å². The first kappa shape index (κ1) is 13.3. The molecular weight excluding hydrogens is 254 g/mol. The van der Waals surface area contributed by atoms with E-state index < -0.39 is 0 Å². The predicted octanol–water partition coefficient (Wildman–Crippen LogP) is 1.99. The summed E-state index contributed by atoms with van der Waals surface area (Å²) >= 11 is 0. The second kappa shape index (κ2) is 5.73. The van der Waals surface area contributed by atoms with Crippen LogP contribution in [-0.4, -0.2) is 23.9 Å². The van der Waals surface area contributed by atoms with Gasteiger partial charge in [0.05, 0.1) is 12.6 Å². The summed E-state index contributed by atoms with van der Waals surface area (Å²) in [5.41, 5.74) is 8.72. The summed E-state index contributed by atoms with van der Waals surface area (Å²) in [5.74, 6) is 1.52. The van der Waals surface area contributed by atoms with Gasteiger partial charge in [-0.25, -0.2) is 0 Å². The molecule has 0 spiro atoms. The topological polar surface area (TPSA) is 74.2 Å². The van der Waals surface area contributed by atoms with E-state index in [4.69, 9.17) is 15.0 Å². The van der Waals surface area contributed by atoms with E-state index in [1.165, 1.54) is 11.1 Å². The minimum absolute atomic E-state index is 0.292. The minimum Gasteiger partial charge on any atom is -0.383 e. The predicted molar refractivity (Wildman–Crippen MR) is 74.3 cm³/mol. The molecular formula is C15H19N3O2. The average molecular weight is 273 g/mol. The lowest BCUT2D eigenvalue weighted by Crippen LogP contribution is -2.18. The van der Waals surface area contributed by atoms with Crippen LogP contribution in [0.3, 0.4) is 0 Å². The number of benzene rings is 1. The SMILES string of the molecule is COCC(N)c1noc(C2CCc3ccccc3C2)n1. The van der Waals surface area contributed by atoms with Gasteiger partial charge in [0.15, 0.2) is 5.82 Å². The molecule has 1 aliphatic rings. The van der Waals surface area contributed by atoms with Gasteiger partial charge in [-0.15, -0.1) is 0 Å². The fourth-order valence-electron chi connectivity index (χ4n) is 2.73. The Balaban J connectivity index is 1.75. The molecule has 1 aromatic carbocycles. The molecule has 1 aliphatic carbocycles. The summed E-state index contributed by atoms with van der Waals surface area (Å²) in [7, 11) is 1.61. The van der Waals surface area contributed by atoms with Gasteiger partial charge < -0.3 is 15.0 Å². The van der Waals surface area contributed by atoms with Gasteiger partial charge in [-0.2, -0.15) is 4.98 Å². The Kier molecular flexibility index (Phi) is 3.80. The molecule has 0 radical (unpaired) electrons. The standard InChI is InChI=1S/C15H19N3O2/c1-19-9-13(16)14-17-15(20-18-14)12-7-6-10-4-2-3-5-11(10)8-12/h2-5,12-13H,6-9,16H2,1H3. The molecule has 0 saturated carbocycles. The van der Waals surface area contributed by atoms with Crippen LogP contribution in [0.25, 0.3) is 0 Å². The van der Waals surface area contributed by atoms with Crippen LogP contribution in [0.2, 0.25) is 0 Å². The third-order valence-corrected chi connectivity index (χ3v) is 3.83. The molecule has 106 valence electrons. The molecule has 1 aromatic heterocycles. The number of aromatic nitrogens is 2. The van der Waals surface area contributed by atoms with Crippen molar-refractivity contribution in [2.45, 2.75) is 31.2 Å². The summed E-state index contributed by atoms with van der Waals surface area (Å²) in [5, 5.41) is 3.97. The number of rotatable bonds is 4. The van der Waals surface area contributed by atoms with Crippen molar-refractivity contribution < 1.29 is 9.26 Å². The van der Waals surface area contributed by atoms with Crippen LogP contribution in [0.4, 0.5) is 0 Å². The Morgan fingerprint density at radius 3 is 3.00 bits per heavy atom. The molecule has 5 heteroatoms. The largest absolute Gasteiger partial charge is 0.383 e. The summed E-state index contributed by atoms with van der Waals surface area (Å²) in [6, 6.07) is 8.21. The Hall–Kier alpha value is -1.72. The second-order valence-corrected chi connectivity index (χ2v) is 5.26. The van der Waals surface area contributed by atoms with Gasteiger partial charge in [0.25, 0.3) is 0 Å². The highest BCUT2D eigenvalue weighted by Crippen LogP contribution is 2.31. The van der Waals surface area contributed by atoms with Crippen molar-refractivity contribution in [3.63, 3.8) is 0 Å². The van der Waals surface area contributed by atoms with E-state index in [0.717, 1.165) is 19.3 Å². The molecule has 5 nitrogen and oxygen atoms in total. The first-order chi connectivity index (χ1) is 9.78. The number of nitrogens with zero attached hydrogens (tertiary/aromatic N) is 2. The average Bonchev–Trinajstić information content (AvgIpc) is 2.97. The second-order valence-electron chi connectivity index (χ2n) is 5.26. The van der Waals surface area contributed by atoms with Crippen molar-refractivity contribution >= 4 is 0 Å². The number of aryl methyl sites for hydroxylation is 1. The molecule has 0 bridgehead atoms. The number of methoxy groups -OCH3 is 1. The number of nitrogens with two attached hydrogens (primary N) is 1. The lowest BCUT2D eigenvalue weighted by Gasteiger charge is -2.21. The van der Waals surface area contributed by atoms with Crippen molar-refractivity contribution in [1.82, 2.24) is 10.1 Å². The molecule has 3 rings (SSSR count). The first-order valence-electron chi connectivity index (χ1n) is 6.92. The molecule has 2 aromatic rings. The highest BCUT2D eigenvalue weighted by atomic mass is 16.5. The van der Waals surface area contributed by atoms with Crippen LogP contribution in [0, 0.1) is 0 Å². The number of fused-ring (bicyclic) bond motifs is 1. The normalized spacial score (nSPS) is 19.6. The Bertz CT molecular complexity index is 582. The quantitative estimate of drug-likeness (QED) is 0.922. The van der Waals surface area contributed by atoms with E-state index >= 15 is 0 Å². The maximum Gasteiger partial charge on any atom is 0.230 e. The van der Waals surface area contributed by atoms with Gasteiger partial charge in [-0.1, -0.05) is 29.4 Å². The maximum absolute atomic E-state index is 5.91. The fraction of sp³-hybridized carbons (Fsp3) is 0.467. The van der Waals surface area contributed by atoms with Gasteiger partial charge in [0.2, 0.25) is 5.89 Å². The molecule has 0 amide bonds. The molecule has 20 heavy (non-hydrogen) atoms. The number of hydrogen-bond donors (Lipinski definition) is 1. The maximum atomic E-state index is 5.91. The van der Waals surface area contributed by atoms with E-state index in [2.05, 4.69) is 34.4 Å². The molecule has 2 unspecified atom stereocenters. The smallest absolute Gasteiger partial charge is 0.230 e. The van der Waals surface area contributed by atoms with Gasteiger partial charge in [0.1, 0.15) is 0 Å². The lowest BCUT2D eigenvalue weighted by atomic mass is 9.84. The summed E-state index contributed by atoms with van der Waals surface area (Å²) in [6.45, 7) is 0.395. The van der Waals surface area contributed by atoms with E-state index in [1.54, 1.807) is 7.11 Å². The van der Waals surface area contributed by atoms with Crippen molar-refractivity contribution in [3.05, 3.63) is 47.1 Å². The van der Waals surface area contributed by atoms with E-state index in [1.807, 2.05) is 0 Å². The van der Waals surface area contributed by atoms with Crippen LogP contribution in [0.15, 0.2) is 28.8 Å². The van der Waals surface area contributed by atoms with E-state index in [9.17, 15) is 0 Å². The van der Waals surface area contributed by atoms with Crippen LogP contribution in [0.5, 0.6) is 0 Å². The van der Waals surface area contributed by atoms with Crippen LogP contribution >= 0.6 is 0 Å². The van der Waals surface area contributed by atoms with Gasteiger partial charge in [0, 0.05) is 13.0 Å². The van der Waals surface area contributed by atoms with Gasteiger partial charge >= 0.3 is 0 Å². The van der Waals surface area contributed by atoms with Crippen LogP contribution in [0.1, 0.15) is 41.2 Å². The molecule has 0 fully saturated rings. The van der Waals surface area contributed by atoms with E-state index in [-0.39, 0.29) is 6.04 Å². The zero-order valence-corrected chi connectivity index (χ0v) is 11.6. The minimum atomic E-state index is -0.326. The number of ether oxygens (including phenoxy) is 1. The van der Waals surface area contributed by atoms with Crippen molar-refractivity contribution in [2.75, 3.05) is 13.7 Å². The van der Waals surface area contributed by atoms with Crippen LogP contribution < -0.4 is 5.73 Å². The Labute approximate surface area is 118 Å².